The number of hydrogen-bond acceptors (Lipinski definition) is 9. The van der Waals surface area contributed by atoms with Gasteiger partial charge in [0.25, 0.3) is 5.91 Å². The smallest absolute Gasteiger partial charge is 0.338 e. The monoisotopic (exact) mass is 650 g/mol. The molecule has 0 bridgehead atoms. The number of urea groups is 1. The normalized spacial score (nSPS) is 14.3. The van der Waals surface area contributed by atoms with E-state index in [-0.39, 0.29) is 24.5 Å². The van der Waals surface area contributed by atoms with E-state index in [2.05, 4.69) is 21.2 Å². The molecule has 1 heterocycles. The van der Waals surface area contributed by atoms with E-state index < -0.39 is 23.9 Å². The van der Waals surface area contributed by atoms with E-state index in [1.165, 1.54) is 13.3 Å². The van der Waals surface area contributed by atoms with E-state index in [9.17, 15) is 14.4 Å². The van der Waals surface area contributed by atoms with Crippen LogP contribution in [0.25, 0.3) is 0 Å². The third kappa shape index (κ3) is 8.91. The second-order valence-electron chi connectivity index (χ2n) is 9.84. The number of esters is 1. The first kappa shape index (κ1) is 33.7. The van der Waals surface area contributed by atoms with Gasteiger partial charge in [-0.2, -0.15) is 5.10 Å². The maximum Gasteiger partial charge on any atom is 0.338 e. The molecule has 1 aliphatic heterocycles. The van der Waals surface area contributed by atoms with E-state index in [4.69, 9.17) is 35.3 Å². The minimum atomic E-state index is -0.777. The van der Waals surface area contributed by atoms with Gasteiger partial charge >= 0.3 is 12.0 Å². The van der Waals surface area contributed by atoms with Crippen molar-refractivity contribution >= 4 is 35.7 Å². The van der Waals surface area contributed by atoms with E-state index in [1.807, 2.05) is 19.1 Å². The number of allylic oxidation sites excluding steroid dienone is 1. The lowest BCUT2D eigenvalue weighted by Crippen LogP contribution is -2.45. The molecule has 1 aliphatic rings. The van der Waals surface area contributed by atoms with Crippen LogP contribution in [0.3, 0.4) is 0 Å². The van der Waals surface area contributed by atoms with Crippen molar-refractivity contribution in [2.75, 3.05) is 26.9 Å². The largest absolute Gasteiger partial charge is 0.493 e. The van der Waals surface area contributed by atoms with Crippen molar-refractivity contribution in [3.8, 4) is 23.0 Å². The van der Waals surface area contributed by atoms with Crippen molar-refractivity contribution in [2.24, 2.45) is 5.10 Å². The zero-order valence-corrected chi connectivity index (χ0v) is 26.6. The van der Waals surface area contributed by atoms with Gasteiger partial charge in [-0.1, -0.05) is 29.8 Å². The van der Waals surface area contributed by atoms with E-state index in [0.29, 0.717) is 52.3 Å². The number of carbonyl (C=O) groups is 3. The highest BCUT2D eigenvalue weighted by molar-refractivity contribution is 6.30. The van der Waals surface area contributed by atoms with Crippen LogP contribution in [0.4, 0.5) is 4.79 Å². The van der Waals surface area contributed by atoms with Gasteiger partial charge in [0.1, 0.15) is 6.61 Å². The van der Waals surface area contributed by atoms with Crippen LogP contribution in [0.15, 0.2) is 77.0 Å². The summed E-state index contributed by atoms with van der Waals surface area (Å²) in [5, 5.41) is 10.00. The van der Waals surface area contributed by atoms with Crippen molar-refractivity contribution in [2.45, 2.75) is 33.4 Å². The van der Waals surface area contributed by atoms with Crippen molar-refractivity contribution in [3.05, 3.63) is 93.6 Å². The molecule has 3 aromatic rings. The molecule has 0 saturated heterocycles. The third-order valence-electron chi connectivity index (χ3n) is 6.62. The molecule has 1 atom stereocenters. The van der Waals surface area contributed by atoms with Gasteiger partial charge in [0.2, 0.25) is 0 Å². The lowest BCUT2D eigenvalue weighted by molar-refractivity contribution is -0.139. The number of benzene rings is 3. The first-order chi connectivity index (χ1) is 22.2. The Morgan fingerprint density at radius 2 is 1.67 bits per heavy atom. The van der Waals surface area contributed by atoms with Crippen LogP contribution in [0.5, 0.6) is 23.0 Å². The Kier molecular flexibility index (Phi) is 11.8. The molecule has 0 spiro atoms. The summed E-state index contributed by atoms with van der Waals surface area (Å²) in [5.41, 5.74) is 5.28. The Morgan fingerprint density at radius 1 is 0.935 bits per heavy atom. The Hall–Kier alpha value is -5.23. The standard InChI is InChI=1S/C33H35ClN4O8/c1-5-43-28-15-22(9-13-26(28)45-18-21-7-11-24(34)12-8-21)17-35-38-29(39)19-46-25-14-10-23(16-27(25)42-4)31-30(32(40)44-6-2)20(3)36-33(41)37-31/h7-17,31H,5-6,18-19H2,1-4H3,(H,38,39)(H2,36,37,41)/b35-17-/t31-/m1/s1. The van der Waals surface area contributed by atoms with Gasteiger partial charge in [-0.15, -0.1) is 0 Å². The van der Waals surface area contributed by atoms with Gasteiger partial charge < -0.3 is 34.3 Å². The molecule has 0 aromatic heterocycles. The average molecular weight is 651 g/mol. The summed E-state index contributed by atoms with van der Waals surface area (Å²) in [5.74, 6) is 0.612. The number of amides is 3. The van der Waals surface area contributed by atoms with Crippen LogP contribution >= 0.6 is 11.6 Å². The summed E-state index contributed by atoms with van der Waals surface area (Å²) in [4.78, 5) is 37.3. The molecule has 3 amide bonds. The summed E-state index contributed by atoms with van der Waals surface area (Å²) < 4.78 is 28.0. The van der Waals surface area contributed by atoms with E-state index in [0.717, 1.165) is 5.56 Å². The van der Waals surface area contributed by atoms with Gasteiger partial charge in [-0.3, -0.25) is 4.79 Å². The van der Waals surface area contributed by atoms with Crippen LogP contribution in [-0.2, 0) is 20.9 Å². The molecular weight excluding hydrogens is 616 g/mol. The highest BCUT2D eigenvalue weighted by Crippen LogP contribution is 2.35. The number of nitrogens with one attached hydrogen (secondary N) is 3. The SMILES string of the molecule is CCOC(=O)C1=C(C)NC(=O)N[C@@H]1c1ccc(OCC(=O)N/N=C\c2ccc(OCc3ccc(Cl)cc3)c(OCC)c2)c(OC)c1. The van der Waals surface area contributed by atoms with Crippen molar-refractivity contribution in [1.82, 2.24) is 16.1 Å². The van der Waals surface area contributed by atoms with Crippen LogP contribution in [-0.4, -0.2) is 51.1 Å². The second kappa shape index (κ2) is 16.2. The summed E-state index contributed by atoms with van der Waals surface area (Å²) in [6, 6.07) is 16.3. The average Bonchev–Trinajstić information content (AvgIpc) is 3.04. The topological polar surface area (TPSA) is 146 Å². The summed E-state index contributed by atoms with van der Waals surface area (Å²) in [7, 11) is 1.44. The fraction of sp³-hybridized carbons (Fsp3) is 0.273. The molecule has 0 fully saturated rings. The molecule has 12 nitrogen and oxygen atoms in total. The Labute approximate surface area is 271 Å². The molecule has 4 rings (SSSR count). The maximum atomic E-state index is 12.6. The molecule has 242 valence electrons. The summed E-state index contributed by atoms with van der Waals surface area (Å²) in [6.07, 6.45) is 1.47. The van der Waals surface area contributed by atoms with Gasteiger partial charge in [0.05, 0.1) is 38.2 Å². The first-order valence-corrected chi connectivity index (χ1v) is 14.8. The number of hydrazone groups is 1. The Morgan fingerprint density at radius 3 is 2.39 bits per heavy atom. The number of halogens is 1. The zero-order chi connectivity index (χ0) is 33.1. The quantitative estimate of drug-likeness (QED) is 0.125. The summed E-state index contributed by atoms with van der Waals surface area (Å²) in [6.45, 7) is 5.80. The van der Waals surface area contributed by atoms with Gasteiger partial charge in [0.15, 0.2) is 29.6 Å². The highest BCUT2D eigenvalue weighted by atomic mass is 35.5. The second-order valence-corrected chi connectivity index (χ2v) is 10.3. The van der Waals surface area contributed by atoms with Gasteiger partial charge in [0, 0.05) is 10.7 Å². The predicted molar refractivity (Wildman–Crippen MR) is 171 cm³/mol. The molecule has 0 unspecified atom stereocenters. The fourth-order valence-electron chi connectivity index (χ4n) is 4.49. The minimum Gasteiger partial charge on any atom is -0.493 e. The van der Waals surface area contributed by atoms with Crippen LogP contribution in [0, 0.1) is 0 Å². The lowest BCUT2D eigenvalue weighted by Gasteiger charge is -2.28. The lowest BCUT2D eigenvalue weighted by atomic mass is 9.95. The first-order valence-electron chi connectivity index (χ1n) is 14.4. The van der Waals surface area contributed by atoms with Crippen molar-refractivity contribution < 1.29 is 38.1 Å². The third-order valence-corrected chi connectivity index (χ3v) is 6.87. The van der Waals surface area contributed by atoms with Crippen molar-refractivity contribution in [1.29, 1.82) is 0 Å². The minimum absolute atomic E-state index is 0.180. The molecule has 0 aliphatic carbocycles. The number of rotatable bonds is 14. The predicted octanol–water partition coefficient (Wildman–Crippen LogP) is 5.05. The molecular formula is C33H35ClN4O8. The van der Waals surface area contributed by atoms with E-state index in [1.54, 1.807) is 62.4 Å². The molecule has 0 saturated carbocycles. The zero-order valence-electron chi connectivity index (χ0n) is 25.8. The Bertz CT molecular complexity index is 1620. The molecule has 46 heavy (non-hydrogen) atoms. The van der Waals surface area contributed by atoms with Crippen LogP contribution in [0.2, 0.25) is 5.02 Å². The van der Waals surface area contributed by atoms with E-state index >= 15 is 0 Å². The van der Waals surface area contributed by atoms with Crippen LogP contribution in [0.1, 0.15) is 43.5 Å². The fourth-order valence-corrected chi connectivity index (χ4v) is 4.62. The van der Waals surface area contributed by atoms with Crippen molar-refractivity contribution in [3.63, 3.8) is 0 Å². The summed E-state index contributed by atoms with van der Waals surface area (Å²) >= 11 is 5.95. The molecule has 0 radical (unpaired) electrons. The maximum absolute atomic E-state index is 12.6. The Balaban J connectivity index is 1.36. The number of nitrogens with zero attached hydrogens (tertiary/aromatic N) is 1. The molecule has 3 N–H and O–H groups in total. The number of hydrogen-bond donors (Lipinski definition) is 3. The van der Waals surface area contributed by atoms with Gasteiger partial charge in [-0.25, -0.2) is 15.0 Å². The molecule has 3 aromatic carbocycles. The van der Waals surface area contributed by atoms with Crippen LogP contribution < -0.4 is 35.0 Å². The number of methoxy groups -OCH3 is 1. The molecule has 13 heteroatoms. The van der Waals surface area contributed by atoms with Gasteiger partial charge in [-0.05, 0) is 79.9 Å². The number of ether oxygens (including phenoxy) is 5. The highest BCUT2D eigenvalue weighted by Gasteiger charge is 2.32. The number of carbonyl (C=O) groups excluding carboxylic acids is 3.